The van der Waals surface area contributed by atoms with Gasteiger partial charge < -0.3 is 5.73 Å². The molecule has 11 heavy (non-hydrogen) atoms. The summed E-state index contributed by atoms with van der Waals surface area (Å²) in [7, 11) is 0. The summed E-state index contributed by atoms with van der Waals surface area (Å²) in [5, 5.41) is 0. The molecule has 2 nitrogen and oxygen atoms in total. The summed E-state index contributed by atoms with van der Waals surface area (Å²) in [6.45, 7) is 0. The number of nitrogens with two attached hydrogens (primary N) is 1. The van der Waals surface area contributed by atoms with Crippen molar-refractivity contribution in [3.63, 3.8) is 0 Å². The molecule has 0 bridgehead atoms. The molecule has 1 aromatic heterocycles. The van der Waals surface area contributed by atoms with Gasteiger partial charge in [-0.05, 0) is 12.1 Å². The molecule has 1 rings (SSSR count). The number of aromatic nitrogens is 1. The van der Waals surface area contributed by atoms with E-state index in [0.29, 0.717) is 4.32 Å². The Kier molecular flexibility index (Phi) is 3.32. The number of nitrogens with zero attached hydrogens (tertiary/aromatic N) is 1. The van der Waals surface area contributed by atoms with Crippen molar-refractivity contribution in [1.29, 1.82) is 0 Å². The molecule has 0 aliphatic heterocycles. The third-order valence-corrected chi connectivity index (χ3v) is 2.17. The quantitative estimate of drug-likeness (QED) is 0.708. The molecule has 0 fully saturated rings. The zero-order valence-electron chi connectivity index (χ0n) is 5.86. The van der Waals surface area contributed by atoms with Crippen LogP contribution in [0, 0.1) is 0 Å². The normalized spacial score (nSPS) is 9.45. The highest BCUT2D eigenvalue weighted by Crippen LogP contribution is 2.08. The first-order valence-electron chi connectivity index (χ1n) is 3.11. The second-order valence-corrected chi connectivity index (χ2v) is 3.64. The topological polar surface area (TPSA) is 38.9 Å². The van der Waals surface area contributed by atoms with Gasteiger partial charge in [0.05, 0.1) is 5.69 Å². The lowest BCUT2D eigenvalue weighted by atomic mass is 10.4. The maximum Gasteiger partial charge on any atom is 0.131 e. The van der Waals surface area contributed by atoms with E-state index in [-0.39, 0.29) is 0 Å². The second kappa shape index (κ2) is 4.31. The highest BCUT2D eigenvalue weighted by Gasteiger charge is 1.93. The fraction of sp³-hybridized carbons (Fsp3) is 0.143. The zero-order chi connectivity index (χ0) is 8.10. The van der Waals surface area contributed by atoms with Gasteiger partial charge in [0.25, 0.3) is 0 Å². The Morgan fingerprint density at radius 3 is 3.00 bits per heavy atom. The lowest BCUT2D eigenvalue weighted by Crippen LogP contribution is -2.02. The van der Waals surface area contributed by atoms with Crippen LogP contribution in [0.5, 0.6) is 0 Å². The Bertz CT molecular complexity index is 235. The summed E-state index contributed by atoms with van der Waals surface area (Å²) in [4.78, 5) is 4.11. The van der Waals surface area contributed by atoms with Crippen LogP contribution in [0.4, 0.5) is 0 Å². The molecule has 0 spiro atoms. The fourth-order valence-corrected chi connectivity index (χ4v) is 1.27. The average Bonchev–Trinajstić information content (AvgIpc) is 2.03. The maximum atomic E-state index is 5.31. The van der Waals surface area contributed by atoms with Gasteiger partial charge in [0.2, 0.25) is 0 Å². The van der Waals surface area contributed by atoms with Gasteiger partial charge in [-0.15, -0.1) is 0 Å². The second-order valence-electron chi connectivity index (χ2n) is 1.93. The zero-order valence-corrected chi connectivity index (χ0v) is 7.49. The molecule has 0 unspecified atom stereocenters. The van der Waals surface area contributed by atoms with E-state index in [1.54, 1.807) is 6.20 Å². The molecule has 2 N–H and O–H groups in total. The molecule has 0 aliphatic carbocycles. The smallest absolute Gasteiger partial charge is 0.131 e. The number of thiocarbonyl (C=S) groups is 1. The van der Waals surface area contributed by atoms with Crippen LogP contribution in [0.3, 0.4) is 0 Å². The van der Waals surface area contributed by atoms with Gasteiger partial charge >= 0.3 is 0 Å². The van der Waals surface area contributed by atoms with E-state index in [1.165, 1.54) is 11.8 Å². The van der Waals surface area contributed by atoms with Gasteiger partial charge in [0.15, 0.2) is 0 Å². The van der Waals surface area contributed by atoms with Crippen LogP contribution in [0.15, 0.2) is 24.4 Å². The van der Waals surface area contributed by atoms with Crippen molar-refractivity contribution in [3.05, 3.63) is 30.1 Å². The fourth-order valence-electron chi connectivity index (χ4n) is 0.629. The third-order valence-electron chi connectivity index (χ3n) is 1.09. The van der Waals surface area contributed by atoms with Crippen LogP contribution in [-0.4, -0.2) is 9.30 Å². The molecule has 0 radical (unpaired) electrons. The largest absolute Gasteiger partial charge is 0.385 e. The number of hydrogen-bond acceptors (Lipinski definition) is 3. The van der Waals surface area contributed by atoms with Crippen molar-refractivity contribution in [2.24, 2.45) is 5.73 Å². The van der Waals surface area contributed by atoms with Gasteiger partial charge in [-0.2, -0.15) is 0 Å². The molecule has 0 amide bonds. The van der Waals surface area contributed by atoms with Crippen molar-refractivity contribution >= 4 is 28.3 Å². The Balaban J connectivity index is 2.45. The Labute approximate surface area is 75.2 Å². The predicted molar refractivity (Wildman–Crippen MR) is 52.3 cm³/mol. The number of rotatable bonds is 2. The molecule has 58 valence electrons. The summed E-state index contributed by atoms with van der Waals surface area (Å²) in [6, 6.07) is 5.78. The SMILES string of the molecule is NC(=S)SCc1ccccn1. The molecule has 1 heterocycles. The third kappa shape index (κ3) is 3.34. The molecule has 4 heteroatoms. The van der Waals surface area contributed by atoms with Crippen LogP contribution >= 0.6 is 24.0 Å². The summed E-state index contributed by atoms with van der Waals surface area (Å²) in [6.07, 6.45) is 1.76. The minimum atomic E-state index is 0.468. The number of pyridine rings is 1. The van der Waals surface area contributed by atoms with Crippen molar-refractivity contribution in [2.75, 3.05) is 0 Å². The van der Waals surface area contributed by atoms with E-state index < -0.39 is 0 Å². The molecule has 0 aromatic carbocycles. The van der Waals surface area contributed by atoms with Crippen molar-refractivity contribution in [2.45, 2.75) is 5.75 Å². The summed E-state index contributed by atoms with van der Waals surface area (Å²) in [5.74, 6) is 0.760. The highest BCUT2D eigenvalue weighted by molar-refractivity contribution is 8.22. The first-order chi connectivity index (χ1) is 5.29. The van der Waals surface area contributed by atoms with Crippen LogP contribution in [0.25, 0.3) is 0 Å². The highest BCUT2D eigenvalue weighted by atomic mass is 32.2. The van der Waals surface area contributed by atoms with Crippen LogP contribution in [0.1, 0.15) is 5.69 Å². The van der Waals surface area contributed by atoms with Crippen LogP contribution < -0.4 is 5.73 Å². The van der Waals surface area contributed by atoms with Gasteiger partial charge in [-0.3, -0.25) is 4.98 Å². The van der Waals surface area contributed by atoms with Gasteiger partial charge in [0, 0.05) is 11.9 Å². The summed E-state index contributed by atoms with van der Waals surface area (Å²) >= 11 is 6.14. The Morgan fingerprint density at radius 1 is 1.64 bits per heavy atom. The van der Waals surface area contributed by atoms with Gasteiger partial charge in [0.1, 0.15) is 4.32 Å². The maximum absolute atomic E-state index is 5.31. The van der Waals surface area contributed by atoms with Gasteiger partial charge in [-0.25, -0.2) is 0 Å². The van der Waals surface area contributed by atoms with Crippen LogP contribution in [0.2, 0.25) is 0 Å². The van der Waals surface area contributed by atoms with Crippen LogP contribution in [-0.2, 0) is 5.75 Å². The predicted octanol–water partition coefficient (Wildman–Crippen LogP) is 1.56. The van der Waals surface area contributed by atoms with E-state index in [0.717, 1.165) is 11.4 Å². The summed E-state index contributed by atoms with van der Waals surface area (Å²) in [5.41, 5.74) is 6.31. The van der Waals surface area contributed by atoms with Crippen molar-refractivity contribution in [1.82, 2.24) is 4.98 Å². The lowest BCUT2D eigenvalue weighted by Gasteiger charge is -1.96. The minimum Gasteiger partial charge on any atom is -0.385 e. The molecule has 0 aliphatic rings. The van der Waals surface area contributed by atoms with E-state index in [2.05, 4.69) is 4.98 Å². The molecule has 1 aromatic rings. The van der Waals surface area contributed by atoms with Crippen molar-refractivity contribution in [3.8, 4) is 0 Å². The van der Waals surface area contributed by atoms with Gasteiger partial charge in [-0.1, -0.05) is 30.0 Å². The molecule has 0 saturated heterocycles. The molecular formula is C7H8N2S2. The Morgan fingerprint density at radius 2 is 2.45 bits per heavy atom. The first-order valence-corrected chi connectivity index (χ1v) is 4.50. The van der Waals surface area contributed by atoms with E-state index >= 15 is 0 Å². The first kappa shape index (κ1) is 8.49. The standard InChI is InChI=1S/C7H8N2S2/c8-7(10)11-5-6-3-1-2-4-9-6/h1-4H,5H2,(H2,8,10). The average molecular weight is 184 g/mol. The number of thioether (sulfide) groups is 1. The lowest BCUT2D eigenvalue weighted by molar-refractivity contribution is 1.18. The monoisotopic (exact) mass is 184 g/mol. The summed E-state index contributed by atoms with van der Waals surface area (Å²) < 4.78 is 0.468. The Hall–Kier alpha value is -0.610. The number of hydrogen-bond donors (Lipinski definition) is 1. The van der Waals surface area contributed by atoms with Crippen molar-refractivity contribution < 1.29 is 0 Å². The van der Waals surface area contributed by atoms with E-state index in [1.807, 2.05) is 18.2 Å². The minimum absolute atomic E-state index is 0.468. The van der Waals surface area contributed by atoms with E-state index in [4.69, 9.17) is 18.0 Å². The molecule has 0 atom stereocenters. The van der Waals surface area contributed by atoms with E-state index in [9.17, 15) is 0 Å². The molecular weight excluding hydrogens is 176 g/mol. The molecule has 0 saturated carbocycles.